The van der Waals surface area contributed by atoms with Gasteiger partial charge < -0.3 is 20.5 Å². The van der Waals surface area contributed by atoms with Crippen LogP contribution >= 0.6 is 15.9 Å². The monoisotopic (exact) mass is 474 g/mol. The van der Waals surface area contributed by atoms with Crippen LogP contribution < -0.4 is 10.6 Å². The first-order valence-electron chi connectivity index (χ1n) is 9.31. The van der Waals surface area contributed by atoms with Crippen LogP contribution in [0.15, 0.2) is 64.8 Å². The number of rotatable bonds is 8. The van der Waals surface area contributed by atoms with Crippen LogP contribution in [0.4, 0.5) is 0 Å². The number of amides is 2. The van der Waals surface area contributed by atoms with Crippen molar-refractivity contribution >= 4 is 39.8 Å². The van der Waals surface area contributed by atoms with E-state index in [1.807, 2.05) is 0 Å². The third-order valence-electron chi connectivity index (χ3n) is 4.02. The molecule has 0 bridgehead atoms. The highest BCUT2D eigenvalue weighted by molar-refractivity contribution is 9.10. The van der Waals surface area contributed by atoms with Gasteiger partial charge in [0.05, 0.1) is 12.7 Å². The minimum atomic E-state index is -1.28. The molecule has 0 saturated carbocycles. The number of halogens is 1. The topological polar surface area (TPSA) is 105 Å². The SMILES string of the molecule is CCOC(=O)C(NC(=O)/C(=C/c1ccc(Br)cc1)NC(=O)c1ccccc1)C(C)O. The van der Waals surface area contributed by atoms with E-state index in [4.69, 9.17) is 4.74 Å². The average Bonchev–Trinajstić information content (AvgIpc) is 2.73. The largest absolute Gasteiger partial charge is 0.464 e. The van der Waals surface area contributed by atoms with Crippen molar-refractivity contribution in [3.63, 3.8) is 0 Å². The Morgan fingerprint density at radius 3 is 2.30 bits per heavy atom. The molecule has 2 aromatic carbocycles. The van der Waals surface area contributed by atoms with Crippen molar-refractivity contribution in [2.24, 2.45) is 0 Å². The molecule has 0 radical (unpaired) electrons. The van der Waals surface area contributed by atoms with Gasteiger partial charge in [0.1, 0.15) is 5.70 Å². The summed E-state index contributed by atoms with van der Waals surface area (Å²) in [6, 6.07) is 14.2. The van der Waals surface area contributed by atoms with Gasteiger partial charge in [-0.25, -0.2) is 4.79 Å². The van der Waals surface area contributed by atoms with Gasteiger partial charge in [-0.1, -0.05) is 46.3 Å². The molecular weight excluding hydrogens is 452 g/mol. The van der Waals surface area contributed by atoms with Crippen molar-refractivity contribution in [1.82, 2.24) is 10.6 Å². The molecule has 2 atom stereocenters. The van der Waals surface area contributed by atoms with E-state index in [1.165, 1.54) is 13.0 Å². The predicted octanol–water partition coefficient (Wildman–Crippen LogP) is 2.65. The average molecular weight is 475 g/mol. The van der Waals surface area contributed by atoms with Crippen LogP contribution in [-0.2, 0) is 14.3 Å². The maximum Gasteiger partial charge on any atom is 0.331 e. The fraction of sp³-hybridized carbons (Fsp3) is 0.227. The highest BCUT2D eigenvalue weighted by Crippen LogP contribution is 2.13. The molecule has 30 heavy (non-hydrogen) atoms. The third-order valence-corrected chi connectivity index (χ3v) is 4.55. The number of aliphatic hydroxyl groups excluding tert-OH is 1. The maximum atomic E-state index is 12.9. The summed E-state index contributed by atoms with van der Waals surface area (Å²) in [4.78, 5) is 37.5. The van der Waals surface area contributed by atoms with Gasteiger partial charge in [0.25, 0.3) is 11.8 Å². The molecule has 8 heteroatoms. The van der Waals surface area contributed by atoms with Crippen LogP contribution in [-0.4, -0.2) is 41.6 Å². The molecule has 7 nitrogen and oxygen atoms in total. The van der Waals surface area contributed by atoms with E-state index < -0.39 is 29.9 Å². The van der Waals surface area contributed by atoms with Crippen molar-refractivity contribution in [1.29, 1.82) is 0 Å². The van der Waals surface area contributed by atoms with Gasteiger partial charge >= 0.3 is 5.97 Å². The zero-order valence-corrected chi connectivity index (χ0v) is 18.2. The van der Waals surface area contributed by atoms with Crippen molar-refractivity contribution in [2.75, 3.05) is 6.61 Å². The molecule has 2 amide bonds. The fourth-order valence-corrected chi connectivity index (χ4v) is 2.76. The molecular formula is C22H23BrN2O5. The molecule has 0 aromatic heterocycles. The minimum absolute atomic E-state index is 0.0823. The standard InChI is InChI=1S/C22H23BrN2O5/c1-3-30-22(29)19(14(2)26)25-21(28)18(13-15-9-11-17(23)12-10-15)24-20(27)16-7-5-4-6-8-16/h4-14,19,26H,3H2,1-2H3,(H,24,27)(H,25,28)/b18-13-. The maximum absolute atomic E-state index is 12.9. The quantitative estimate of drug-likeness (QED) is 0.402. The second-order valence-corrected chi connectivity index (χ2v) is 7.29. The number of hydrogen-bond donors (Lipinski definition) is 3. The van der Waals surface area contributed by atoms with Crippen LogP contribution in [0.25, 0.3) is 6.08 Å². The smallest absolute Gasteiger partial charge is 0.331 e. The van der Waals surface area contributed by atoms with E-state index in [2.05, 4.69) is 26.6 Å². The van der Waals surface area contributed by atoms with Crippen LogP contribution in [0.2, 0.25) is 0 Å². The first-order valence-corrected chi connectivity index (χ1v) is 10.1. The first kappa shape index (κ1) is 23.3. The van der Waals surface area contributed by atoms with Gasteiger partial charge in [-0.2, -0.15) is 0 Å². The lowest BCUT2D eigenvalue weighted by molar-refractivity contribution is -0.150. The van der Waals surface area contributed by atoms with E-state index in [1.54, 1.807) is 61.5 Å². The summed E-state index contributed by atoms with van der Waals surface area (Å²) in [6.07, 6.45) is 0.291. The van der Waals surface area contributed by atoms with Gasteiger partial charge in [0.2, 0.25) is 0 Å². The van der Waals surface area contributed by atoms with Gasteiger partial charge in [0.15, 0.2) is 6.04 Å². The lowest BCUT2D eigenvalue weighted by Gasteiger charge is -2.20. The van der Waals surface area contributed by atoms with Gasteiger partial charge in [-0.05, 0) is 49.8 Å². The zero-order chi connectivity index (χ0) is 22.1. The zero-order valence-electron chi connectivity index (χ0n) is 16.6. The number of carbonyl (C=O) groups excluding carboxylic acids is 3. The Labute approximate surface area is 183 Å². The summed E-state index contributed by atoms with van der Waals surface area (Å²) in [5, 5.41) is 14.9. The number of aliphatic hydroxyl groups is 1. The molecule has 0 saturated heterocycles. The summed E-state index contributed by atoms with van der Waals surface area (Å²) in [6.45, 7) is 3.09. The van der Waals surface area contributed by atoms with Crippen LogP contribution in [0.1, 0.15) is 29.8 Å². The minimum Gasteiger partial charge on any atom is -0.464 e. The molecule has 2 unspecified atom stereocenters. The summed E-state index contributed by atoms with van der Waals surface area (Å²) in [7, 11) is 0. The number of nitrogens with one attached hydrogen (secondary N) is 2. The van der Waals surface area contributed by atoms with Crippen LogP contribution in [0.3, 0.4) is 0 Å². The van der Waals surface area contributed by atoms with Gasteiger partial charge in [-0.15, -0.1) is 0 Å². The Bertz CT molecular complexity index is 911. The summed E-state index contributed by atoms with van der Waals surface area (Å²) >= 11 is 3.34. The van der Waals surface area contributed by atoms with Crippen LogP contribution in [0.5, 0.6) is 0 Å². The fourth-order valence-electron chi connectivity index (χ4n) is 2.50. The Morgan fingerprint density at radius 1 is 1.10 bits per heavy atom. The normalized spacial score (nSPS) is 13.1. The van der Waals surface area contributed by atoms with Crippen molar-refractivity contribution in [3.8, 4) is 0 Å². The highest BCUT2D eigenvalue weighted by atomic mass is 79.9. The molecule has 0 spiro atoms. The van der Waals surface area contributed by atoms with Crippen molar-refractivity contribution < 1.29 is 24.2 Å². The van der Waals surface area contributed by atoms with E-state index in [-0.39, 0.29) is 12.3 Å². The Morgan fingerprint density at radius 2 is 1.73 bits per heavy atom. The molecule has 0 aliphatic carbocycles. The molecule has 2 aromatic rings. The lowest BCUT2D eigenvalue weighted by Crippen LogP contribution is -2.50. The number of hydrogen-bond acceptors (Lipinski definition) is 5. The van der Waals surface area contributed by atoms with E-state index in [9.17, 15) is 19.5 Å². The number of carbonyl (C=O) groups is 3. The van der Waals surface area contributed by atoms with E-state index in [0.717, 1.165) is 4.47 Å². The molecule has 158 valence electrons. The predicted molar refractivity (Wildman–Crippen MR) is 116 cm³/mol. The summed E-state index contributed by atoms with van der Waals surface area (Å²) < 4.78 is 5.76. The molecule has 0 heterocycles. The van der Waals surface area contributed by atoms with Gasteiger partial charge in [0, 0.05) is 10.0 Å². The molecule has 0 aliphatic rings. The molecule has 0 aliphatic heterocycles. The molecule has 2 rings (SSSR count). The van der Waals surface area contributed by atoms with Gasteiger partial charge in [-0.3, -0.25) is 9.59 Å². The number of esters is 1. The first-order chi connectivity index (χ1) is 14.3. The second kappa shape index (κ2) is 11.3. The lowest BCUT2D eigenvalue weighted by atomic mass is 10.1. The Hall–Kier alpha value is -2.97. The summed E-state index contributed by atoms with van der Waals surface area (Å²) in [5.74, 6) is -1.99. The number of benzene rings is 2. The van der Waals surface area contributed by atoms with E-state index >= 15 is 0 Å². The van der Waals surface area contributed by atoms with Crippen molar-refractivity contribution in [3.05, 3.63) is 75.9 Å². The third kappa shape index (κ3) is 6.82. The Kier molecular flexibility index (Phi) is 8.76. The van der Waals surface area contributed by atoms with Crippen LogP contribution in [0, 0.1) is 0 Å². The second-order valence-electron chi connectivity index (χ2n) is 6.37. The van der Waals surface area contributed by atoms with Crippen molar-refractivity contribution in [2.45, 2.75) is 26.0 Å². The highest BCUT2D eigenvalue weighted by Gasteiger charge is 2.28. The van der Waals surface area contributed by atoms with E-state index in [0.29, 0.717) is 11.1 Å². The number of ether oxygens (including phenoxy) is 1. The Balaban J connectivity index is 2.31. The summed E-state index contributed by atoms with van der Waals surface area (Å²) in [5.41, 5.74) is 0.937. The molecule has 0 fully saturated rings. The molecule has 3 N–H and O–H groups in total.